The summed E-state index contributed by atoms with van der Waals surface area (Å²) in [5, 5.41) is 4.35. The highest BCUT2D eigenvalue weighted by atomic mass is 16.6. The molecule has 3 nitrogen and oxygen atoms in total. The standard InChI is InChI=1S/C24H30N2O/c1-27-25-24(13-10-19-6-3-2-4-7-19)22-12-11-20-14-16-26(23-8-5-9-23)17-15-21(20)18-22/h2-4,6-7,11-12,18,23H,5,8-10,13-17H2,1H3/b25-24+. The molecule has 2 aromatic rings. The highest BCUT2D eigenvalue weighted by Gasteiger charge is 2.26. The van der Waals surface area contributed by atoms with Crippen LogP contribution in [0.1, 0.15) is 47.9 Å². The van der Waals surface area contributed by atoms with E-state index in [1.165, 1.54) is 61.0 Å². The van der Waals surface area contributed by atoms with Crippen LogP contribution in [0, 0.1) is 0 Å². The summed E-state index contributed by atoms with van der Waals surface area (Å²) in [5.74, 6) is 0. The summed E-state index contributed by atoms with van der Waals surface area (Å²) >= 11 is 0. The predicted molar refractivity (Wildman–Crippen MR) is 111 cm³/mol. The van der Waals surface area contributed by atoms with E-state index in [0.29, 0.717) is 0 Å². The van der Waals surface area contributed by atoms with Gasteiger partial charge in [-0.05, 0) is 66.8 Å². The number of hydrogen-bond donors (Lipinski definition) is 0. The molecule has 4 rings (SSSR count). The molecule has 27 heavy (non-hydrogen) atoms. The van der Waals surface area contributed by atoms with Gasteiger partial charge in [0.2, 0.25) is 0 Å². The zero-order chi connectivity index (χ0) is 18.5. The number of fused-ring (bicyclic) bond motifs is 1. The molecule has 2 aromatic carbocycles. The maximum Gasteiger partial charge on any atom is 0.106 e. The molecule has 0 atom stereocenters. The van der Waals surface area contributed by atoms with Crippen molar-refractivity contribution in [2.24, 2.45) is 5.16 Å². The van der Waals surface area contributed by atoms with E-state index >= 15 is 0 Å². The molecule has 1 aliphatic heterocycles. The van der Waals surface area contributed by atoms with Crippen molar-refractivity contribution in [2.45, 2.75) is 51.0 Å². The summed E-state index contributed by atoms with van der Waals surface area (Å²) in [6.07, 6.45) is 8.40. The molecule has 0 saturated heterocycles. The molecule has 1 aliphatic carbocycles. The minimum atomic E-state index is 0.843. The van der Waals surface area contributed by atoms with Crippen molar-refractivity contribution in [3.63, 3.8) is 0 Å². The molecule has 2 aliphatic rings. The highest BCUT2D eigenvalue weighted by molar-refractivity contribution is 6.00. The first kappa shape index (κ1) is 18.2. The zero-order valence-electron chi connectivity index (χ0n) is 16.4. The fourth-order valence-corrected chi connectivity index (χ4v) is 4.30. The summed E-state index contributed by atoms with van der Waals surface area (Å²) < 4.78 is 0. The Balaban J connectivity index is 1.47. The lowest BCUT2D eigenvalue weighted by Gasteiger charge is -2.36. The molecular weight excluding hydrogens is 332 g/mol. The van der Waals surface area contributed by atoms with Gasteiger partial charge in [-0.25, -0.2) is 0 Å². The van der Waals surface area contributed by atoms with E-state index in [1.807, 2.05) is 0 Å². The largest absolute Gasteiger partial charge is 0.399 e. The van der Waals surface area contributed by atoms with E-state index in [1.54, 1.807) is 7.11 Å². The maximum atomic E-state index is 5.17. The van der Waals surface area contributed by atoms with Crippen molar-refractivity contribution in [1.82, 2.24) is 4.90 Å². The second-order valence-electron chi connectivity index (χ2n) is 7.81. The molecule has 0 radical (unpaired) electrons. The number of nitrogens with zero attached hydrogens (tertiary/aromatic N) is 2. The van der Waals surface area contributed by atoms with Crippen LogP contribution in [-0.4, -0.2) is 36.9 Å². The summed E-state index contributed by atoms with van der Waals surface area (Å²) in [6.45, 7) is 2.41. The first-order chi connectivity index (χ1) is 13.3. The predicted octanol–water partition coefficient (Wildman–Crippen LogP) is 4.62. The maximum absolute atomic E-state index is 5.17. The molecule has 0 amide bonds. The minimum Gasteiger partial charge on any atom is -0.399 e. The molecule has 0 spiro atoms. The third kappa shape index (κ3) is 4.41. The average Bonchev–Trinajstić information content (AvgIpc) is 2.87. The number of hydrogen-bond acceptors (Lipinski definition) is 3. The molecule has 142 valence electrons. The van der Waals surface area contributed by atoms with Gasteiger partial charge in [-0.1, -0.05) is 54.0 Å². The SMILES string of the molecule is CO/N=C(\CCc1ccccc1)c1ccc2c(c1)CCN(C1CCC1)CC2. The highest BCUT2D eigenvalue weighted by Crippen LogP contribution is 2.28. The molecule has 0 unspecified atom stereocenters. The third-order valence-electron chi connectivity index (χ3n) is 6.16. The van der Waals surface area contributed by atoms with E-state index in [4.69, 9.17) is 4.84 Å². The monoisotopic (exact) mass is 362 g/mol. The van der Waals surface area contributed by atoms with Gasteiger partial charge < -0.3 is 4.84 Å². The van der Waals surface area contributed by atoms with Gasteiger partial charge in [-0.15, -0.1) is 0 Å². The average molecular weight is 363 g/mol. The number of rotatable bonds is 6. The van der Waals surface area contributed by atoms with E-state index in [0.717, 1.165) is 31.0 Å². The Hall–Kier alpha value is -2.13. The lowest BCUT2D eigenvalue weighted by atomic mass is 9.91. The molecule has 1 heterocycles. The quantitative estimate of drug-likeness (QED) is 0.553. The Morgan fingerprint density at radius 2 is 1.81 bits per heavy atom. The van der Waals surface area contributed by atoms with Gasteiger partial charge in [0, 0.05) is 19.1 Å². The normalized spacial score (nSPS) is 18.5. The fraction of sp³-hybridized carbons (Fsp3) is 0.458. The van der Waals surface area contributed by atoms with Gasteiger partial charge in [-0.3, -0.25) is 4.90 Å². The lowest BCUT2D eigenvalue weighted by molar-refractivity contribution is 0.133. The molecule has 1 saturated carbocycles. The van der Waals surface area contributed by atoms with Gasteiger partial charge in [0.15, 0.2) is 0 Å². The Kier molecular flexibility index (Phi) is 5.88. The molecule has 0 N–H and O–H groups in total. The topological polar surface area (TPSA) is 24.8 Å². The van der Waals surface area contributed by atoms with Crippen LogP contribution in [0.25, 0.3) is 0 Å². The summed E-state index contributed by atoms with van der Waals surface area (Å²) in [6, 6.07) is 18.4. The van der Waals surface area contributed by atoms with E-state index in [-0.39, 0.29) is 0 Å². The van der Waals surface area contributed by atoms with Crippen molar-refractivity contribution in [3.05, 3.63) is 70.8 Å². The molecule has 3 heteroatoms. The second kappa shape index (κ2) is 8.71. The number of aryl methyl sites for hydroxylation is 1. The van der Waals surface area contributed by atoms with Gasteiger partial charge in [0.25, 0.3) is 0 Å². The van der Waals surface area contributed by atoms with Gasteiger partial charge >= 0.3 is 0 Å². The van der Waals surface area contributed by atoms with Crippen molar-refractivity contribution >= 4 is 5.71 Å². The van der Waals surface area contributed by atoms with Crippen LogP contribution >= 0.6 is 0 Å². The fourth-order valence-electron chi connectivity index (χ4n) is 4.30. The van der Waals surface area contributed by atoms with E-state index in [2.05, 4.69) is 58.6 Å². The summed E-state index contributed by atoms with van der Waals surface area (Å²) in [4.78, 5) is 7.88. The molecule has 1 fully saturated rings. The first-order valence-electron chi connectivity index (χ1n) is 10.3. The van der Waals surface area contributed by atoms with Crippen LogP contribution in [0.15, 0.2) is 53.7 Å². The second-order valence-corrected chi connectivity index (χ2v) is 7.81. The Morgan fingerprint density at radius 1 is 1.04 bits per heavy atom. The van der Waals surface area contributed by atoms with E-state index in [9.17, 15) is 0 Å². The first-order valence-corrected chi connectivity index (χ1v) is 10.3. The Morgan fingerprint density at radius 3 is 2.52 bits per heavy atom. The Bertz CT molecular complexity index is 780. The van der Waals surface area contributed by atoms with Gasteiger partial charge in [0.1, 0.15) is 7.11 Å². The Labute approximate surface area is 163 Å². The van der Waals surface area contributed by atoms with Crippen LogP contribution in [-0.2, 0) is 24.1 Å². The number of benzene rings is 2. The van der Waals surface area contributed by atoms with Gasteiger partial charge in [0.05, 0.1) is 5.71 Å². The van der Waals surface area contributed by atoms with Crippen LogP contribution in [0.2, 0.25) is 0 Å². The van der Waals surface area contributed by atoms with Gasteiger partial charge in [-0.2, -0.15) is 0 Å². The molecule has 0 aromatic heterocycles. The van der Waals surface area contributed by atoms with Crippen LogP contribution < -0.4 is 0 Å². The number of oxime groups is 1. The minimum absolute atomic E-state index is 0.843. The molecular formula is C24H30N2O. The van der Waals surface area contributed by atoms with Crippen LogP contribution in [0.4, 0.5) is 0 Å². The van der Waals surface area contributed by atoms with Crippen molar-refractivity contribution < 1.29 is 4.84 Å². The van der Waals surface area contributed by atoms with Crippen molar-refractivity contribution in [1.29, 1.82) is 0 Å². The van der Waals surface area contributed by atoms with Crippen molar-refractivity contribution in [2.75, 3.05) is 20.2 Å². The van der Waals surface area contributed by atoms with Crippen molar-refractivity contribution in [3.8, 4) is 0 Å². The third-order valence-corrected chi connectivity index (χ3v) is 6.16. The molecule has 0 bridgehead atoms. The van der Waals surface area contributed by atoms with Crippen LogP contribution in [0.5, 0.6) is 0 Å². The summed E-state index contributed by atoms with van der Waals surface area (Å²) in [7, 11) is 1.64. The lowest BCUT2D eigenvalue weighted by Crippen LogP contribution is -2.41. The summed E-state index contributed by atoms with van der Waals surface area (Å²) in [5.41, 5.74) is 6.61. The van der Waals surface area contributed by atoms with Crippen LogP contribution in [0.3, 0.4) is 0 Å². The smallest absolute Gasteiger partial charge is 0.106 e. The zero-order valence-corrected chi connectivity index (χ0v) is 16.4. The van der Waals surface area contributed by atoms with E-state index < -0.39 is 0 Å².